The van der Waals surface area contributed by atoms with E-state index in [1.54, 1.807) is 23.6 Å². The second-order valence-corrected chi connectivity index (χ2v) is 9.14. The summed E-state index contributed by atoms with van der Waals surface area (Å²) in [5.74, 6) is -3.80. The van der Waals surface area contributed by atoms with E-state index in [1.165, 1.54) is 13.8 Å². The minimum Gasteiger partial charge on any atom is -0.466 e. The second kappa shape index (κ2) is 10.1. The number of benzene rings is 2. The van der Waals surface area contributed by atoms with Crippen molar-refractivity contribution in [2.75, 3.05) is 19.8 Å². The number of nitrogens with zero attached hydrogens (tertiary/aromatic N) is 2. The van der Waals surface area contributed by atoms with Crippen molar-refractivity contribution in [3.63, 3.8) is 0 Å². The molecular formula is C28H32N2O6. The highest BCUT2D eigenvalue weighted by molar-refractivity contribution is 5.89. The summed E-state index contributed by atoms with van der Waals surface area (Å²) in [6, 6.07) is 17.0. The van der Waals surface area contributed by atoms with Crippen molar-refractivity contribution in [1.82, 2.24) is 9.80 Å². The Bertz CT molecular complexity index is 1130. The molecule has 5 atom stereocenters. The standard InChI is InChI=1S/C28H32N2O6/c1-5-35-26(33)23-22-17-29(18(3)31)28(21-15-11-8-12-16-21,24(23)27(34)36-6-2)25(30(22)19(4)32)20-13-9-7-10-14-20/h7-16,22-25H,5-6,17H2,1-4H3. The molecule has 5 rings (SSSR count). The number of carbonyl (C=O) groups is 4. The molecule has 2 aromatic rings. The number of esters is 2. The molecule has 3 heterocycles. The summed E-state index contributed by atoms with van der Waals surface area (Å²) in [7, 11) is 0. The van der Waals surface area contributed by atoms with Crippen molar-refractivity contribution in [3.8, 4) is 0 Å². The van der Waals surface area contributed by atoms with Crippen LogP contribution in [0.25, 0.3) is 0 Å². The Morgan fingerprint density at radius 1 is 0.833 bits per heavy atom. The SMILES string of the molecule is CCOC(=O)C1C2CN(C(C)=O)C(c3ccccc3)(C1C(=O)OCC)C(c1ccccc1)N2C(C)=O. The minimum atomic E-state index is -1.40. The summed E-state index contributed by atoms with van der Waals surface area (Å²) in [5.41, 5.74) is -0.00615. The van der Waals surface area contributed by atoms with Gasteiger partial charge in [0.05, 0.1) is 31.2 Å². The molecule has 3 saturated heterocycles. The maximum Gasteiger partial charge on any atom is 0.312 e. The van der Waals surface area contributed by atoms with Gasteiger partial charge in [0.1, 0.15) is 11.5 Å². The molecule has 2 amide bonds. The van der Waals surface area contributed by atoms with Crippen molar-refractivity contribution < 1.29 is 28.7 Å². The zero-order chi connectivity index (χ0) is 26.0. The third-order valence-electron chi connectivity index (χ3n) is 7.31. The lowest BCUT2D eigenvalue weighted by atomic mass is 9.56. The van der Waals surface area contributed by atoms with E-state index >= 15 is 0 Å². The summed E-state index contributed by atoms with van der Waals surface area (Å²) in [6.07, 6.45) is 0. The first-order valence-corrected chi connectivity index (χ1v) is 12.3. The Morgan fingerprint density at radius 3 is 1.92 bits per heavy atom. The summed E-state index contributed by atoms with van der Waals surface area (Å²) in [5, 5.41) is 0. The average molecular weight is 493 g/mol. The van der Waals surface area contributed by atoms with Gasteiger partial charge in [-0.2, -0.15) is 0 Å². The van der Waals surface area contributed by atoms with Gasteiger partial charge in [-0.15, -0.1) is 0 Å². The highest BCUT2D eigenvalue weighted by Crippen LogP contribution is 2.61. The molecule has 0 spiro atoms. The van der Waals surface area contributed by atoms with Gasteiger partial charge in [-0.1, -0.05) is 60.7 Å². The number of amides is 2. The van der Waals surface area contributed by atoms with Crippen LogP contribution in [0.15, 0.2) is 60.7 Å². The molecule has 190 valence electrons. The molecule has 3 aliphatic rings. The maximum absolute atomic E-state index is 13.8. The Labute approximate surface area is 211 Å². The van der Waals surface area contributed by atoms with Gasteiger partial charge in [0.15, 0.2) is 0 Å². The van der Waals surface area contributed by atoms with Crippen LogP contribution in [-0.2, 0) is 34.2 Å². The third-order valence-corrected chi connectivity index (χ3v) is 7.31. The topological polar surface area (TPSA) is 93.2 Å². The normalized spacial score (nSPS) is 26.9. The minimum absolute atomic E-state index is 0.0898. The monoisotopic (exact) mass is 492 g/mol. The fourth-order valence-electron chi connectivity index (χ4n) is 6.24. The fourth-order valence-corrected chi connectivity index (χ4v) is 6.24. The quantitative estimate of drug-likeness (QED) is 0.576. The Hall–Kier alpha value is -3.68. The van der Waals surface area contributed by atoms with Crippen molar-refractivity contribution in [3.05, 3.63) is 71.8 Å². The Balaban J connectivity index is 2.14. The van der Waals surface area contributed by atoms with E-state index in [4.69, 9.17) is 9.47 Å². The summed E-state index contributed by atoms with van der Waals surface area (Å²) in [6.45, 7) is 6.62. The Morgan fingerprint density at radius 2 is 1.39 bits per heavy atom. The van der Waals surface area contributed by atoms with Gasteiger partial charge < -0.3 is 19.3 Å². The van der Waals surface area contributed by atoms with Crippen LogP contribution in [0.3, 0.4) is 0 Å². The largest absolute Gasteiger partial charge is 0.466 e. The van der Waals surface area contributed by atoms with Gasteiger partial charge in [-0.25, -0.2) is 0 Å². The van der Waals surface area contributed by atoms with Crippen molar-refractivity contribution in [1.29, 1.82) is 0 Å². The van der Waals surface area contributed by atoms with Crippen LogP contribution in [0.5, 0.6) is 0 Å². The average Bonchev–Trinajstić information content (AvgIpc) is 2.88. The molecule has 36 heavy (non-hydrogen) atoms. The number of carbonyl (C=O) groups excluding carboxylic acids is 4. The van der Waals surface area contributed by atoms with E-state index in [0.29, 0.717) is 5.56 Å². The van der Waals surface area contributed by atoms with E-state index < -0.39 is 41.4 Å². The third kappa shape index (κ3) is 3.85. The molecule has 0 N–H and O–H groups in total. The molecule has 2 bridgehead atoms. The molecule has 0 radical (unpaired) electrons. The number of piperazine rings is 1. The van der Waals surface area contributed by atoms with Crippen LogP contribution in [-0.4, -0.2) is 59.4 Å². The van der Waals surface area contributed by atoms with Crippen molar-refractivity contribution in [2.24, 2.45) is 11.8 Å². The number of hydrogen-bond donors (Lipinski definition) is 0. The Kier molecular flexibility index (Phi) is 7.15. The van der Waals surface area contributed by atoms with Crippen LogP contribution in [0.2, 0.25) is 0 Å². The summed E-state index contributed by atoms with van der Waals surface area (Å²) in [4.78, 5) is 57.3. The second-order valence-electron chi connectivity index (χ2n) is 9.14. The molecule has 8 nitrogen and oxygen atoms in total. The van der Waals surface area contributed by atoms with Gasteiger partial charge in [0.2, 0.25) is 11.8 Å². The van der Waals surface area contributed by atoms with Gasteiger partial charge in [0, 0.05) is 20.4 Å². The molecule has 0 saturated carbocycles. The van der Waals surface area contributed by atoms with Crippen molar-refractivity contribution >= 4 is 23.8 Å². The highest BCUT2D eigenvalue weighted by Gasteiger charge is 2.72. The predicted molar refractivity (Wildman–Crippen MR) is 131 cm³/mol. The lowest BCUT2D eigenvalue weighted by Gasteiger charge is -2.67. The fraction of sp³-hybridized carbons (Fsp3) is 0.429. The molecular weight excluding hydrogens is 460 g/mol. The lowest BCUT2D eigenvalue weighted by Crippen LogP contribution is -2.79. The molecule has 3 fully saturated rings. The summed E-state index contributed by atoms with van der Waals surface area (Å²) >= 11 is 0. The molecule has 2 aromatic carbocycles. The van der Waals surface area contributed by atoms with Crippen LogP contribution in [0, 0.1) is 11.8 Å². The number of piperidine rings is 2. The zero-order valence-electron chi connectivity index (χ0n) is 21.0. The van der Waals surface area contributed by atoms with Gasteiger partial charge >= 0.3 is 11.9 Å². The molecule has 0 aromatic heterocycles. The van der Waals surface area contributed by atoms with Crippen LogP contribution in [0.4, 0.5) is 0 Å². The first-order chi connectivity index (χ1) is 17.3. The van der Waals surface area contributed by atoms with E-state index in [9.17, 15) is 19.2 Å². The number of fused-ring (bicyclic) bond motifs is 3. The van der Waals surface area contributed by atoms with Gasteiger partial charge in [-0.3, -0.25) is 19.2 Å². The maximum atomic E-state index is 13.8. The van der Waals surface area contributed by atoms with Crippen LogP contribution in [0.1, 0.15) is 44.9 Å². The number of hydrogen-bond acceptors (Lipinski definition) is 6. The number of rotatable bonds is 6. The molecule has 3 aliphatic heterocycles. The lowest BCUT2D eigenvalue weighted by molar-refractivity contribution is -0.221. The van der Waals surface area contributed by atoms with E-state index in [0.717, 1.165) is 5.56 Å². The number of ether oxygens (including phenoxy) is 2. The highest BCUT2D eigenvalue weighted by atomic mass is 16.5. The zero-order valence-corrected chi connectivity index (χ0v) is 21.0. The van der Waals surface area contributed by atoms with Crippen molar-refractivity contribution in [2.45, 2.75) is 45.3 Å². The predicted octanol–water partition coefficient (Wildman–Crippen LogP) is 3.07. The van der Waals surface area contributed by atoms with Gasteiger partial charge in [0.25, 0.3) is 0 Å². The van der Waals surface area contributed by atoms with Crippen LogP contribution >= 0.6 is 0 Å². The van der Waals surface area contributed by atoms with Crippen LogP contribution < -0.4 is 0 Å². The van der Waals surface area contributed by atoms with E-state index in [2.05, 4.69) is 0 Å². The molecule has 0 aliphatic carbocycles. The van der Waals surface area contributed by atoms with E-state index in [1.807, 2.05) is 60.7 Å². The molecule has 8 heteroatoms. The van der Waals surface area contributed by atoms with E-state index in [-0.39, 0.29) is 31.6 Å². The first-order valence-electron chi connectivity index (χ1n) is 12.3. The smallest absolute Gasteiger partial charge is 0.312 e. The van der Waals surface area contributed by atoms with Gasteiger partial charge in [-0.05, 0) is 25.0 Å². The summed E-state index contributed by atoms with van der Waals surface area (Å²) < 4.78 is 11.0. The molecule has 5 unspecified atom stereocenters. The first kappa shape index (κ1) is 25.4.